The van der Waals surface area contributed by atoms with E-state index in [0.29, 0.717) is 0 Å². The maximum atomic E-state index is 3.82. The highest BCUT2D eigenvalue weighted by atomic mass is 14.0. The molecule has 0 radical (unpaired) electrons. The predicted octanol–water partition coefficient (Wildman–Crippen LogP) is 5.11. The van der Waals surface area contributed by atoms with Gasteiger partial charge in [0.2, 0.25) is 0 Å². The van der Waals surface area contributed by atoms with Gasteiger partial charge in [0.1, 0.15) is 0 Å². The van der Waals surface area contributed by atoms with Crippen LogP contribution in [0.3, 0.4) is 0 Å². The Morgan fingerprint density at radius 2 is 1.39 bits per heavy atom. The third kappa shape index (κ3) is 2.67. The molecule has 0 aromatic heterocycles. The summed E-state index contributed by atoms with van der Waals surface area (Å²) < 4.78 is 0. The van der Waals surface area contributed by atoms with E-state index in [4.69, 9.17) is 0 Å². The van der Waals surface area contributed by atoms with Crippen LogP contribution in [0.1, 0.15) is 5.56 Å². The normalized spacial score (nSPS) is 11.0. The minimum absolute atomic E-state index is 1.09. The first kappa shape index (κ1) is 12.1. The summed E-state index contributed by atoms with van der Waals surface area (Å²) in [7, 11) is 0. The predicted molar refractivity (Wildman–Crippen MR) is 80.2 cm³/mol. The van der Waals surface area contributed by atoms with Crippen LogP contribution in [-0.2, 0) is 0 Å². The molecule has 0 heterocycles. The maximum absolute atomic E-state index is 3.82. The fourth-order valence-corrected chi connectivity index (χ4v) is 1.89. The minimum Gasteiger partial charge on any atom is -0.0990 e. The van der Waals surface area contributed by atoms with Crippen LogP contribution in [0.15, 0.2) is 86.0 Å². The third-order valence-corrected chi connectivity index (χ3v) is 2.84. The van der Waals surface area contributed by atoms with Gasteiger partial charge in [-0.05, 0) is 22.3 Å². The van der Waals surface area contributed by atoms with Crippen molar-refractivity contribution < 1.29 is 0 Å². The highest BCUT2D eigenvalue weighted by molar-refractivity contribution is 5.76. The average molecular weight is 232 g/mol. The zero-order chi connectivity index (χ0) is 12.8. The molecule has 0 aliphatic heterocycles. The third-order valence-electron chi connectivity index (χ3n) is 2.84. The Morgan fingerprint density at radius 1 is 0.778 bits per heavy atom. The lowest BCUT2D eigenvalue weighted by Crippen LogP contribution is -1.82. The van der Waals surface area contributed by atoms with E-state index < -0.39 is 0 Å². The quantitative estimate of drug-likeness (QED) is 0.643. The number of rotatable bonds is 4. The molecular weight excluding hydrogens is 216 g/mol. The Bertz CT molecular complexity index is 557. The molecule has 2 aromatic rings. The number of hydrogen-bond donors (Lipinski definition) is 0. The lowest BCUT2D eigenvalue weighted by molar-refractivity contribution is 1.58. The Balaban J connectivity index is 2.33. The topological polar surface area (TPSA) is 0 Å². The van der Waals surface area contributed by atoms with E-state index in [-0.39, 0.29) is 0 Å². The van der Waals surface area contributed by atoms with E-state index in [1.54, 1.807) is 6.08 Å². The molecule has 0 saturated heterocycles. The van der Waals surface area contributed by atoms with Crippen molar-refractivity contribution in [3.05, 3.63) is 91.5 Å². The summed E-state index contributed by atoms with van der Waals surface area (Å²) in [5.74, 6) is 0. The van der Waals surface area contributed by atoms with Crippen LogP contribution in [0.5, 0.6) is 0 Å². The van der Waals surface area contributed by atoms with E-state index >= 15 is 0 Å². The van der Waals surface area contributed by atoms with Crippen LogP contribution in [0.25, 0.3) is 16.7 Å². The summed E-state index contributed by atoms with van der Waals surface area (Å²) in [6, 6.07) is 18.8. The van der Waals surface area contributed by atoms with Crippen LogP contribution in [-0.4, -0.2) is 0 Å². The maximum Gasteiger partial charge on any atom is -0.0184 e. The van der Waals surface area contributed by atoms with Crippen LogP contribution in [0.4, 0.5) is 0 Å². The van der Waals surface area contributed by atoms with Crippen molar-refractivity contribution >= 4 is 5.57 Å². The molecule has 0 aliphatic carbocycles. The first-order valence-electron chi connectivity index (χ1n) is 5.96. The number of hydrogen-bond acceptors (Lipinski definition) is 0. The first-order valence-corrected chi connectivity index (χ1v) is 5.96. The smallest absolute Gasteiger partial charge is 0.0184 e. The Hall–Kier alpha value is -2.34. The average Bonchev–Trinajstić information content (AvgIpc) is 2.46. The molecule has 0 N–H and O–H groups in total. The Morgan fingerprint density at radius 3 is 1.94 bits per heavy atom. The summed E-state index contributed by atoms with van der Waals surface area (Å²) in [5.41, 5.74) is 4.70. The van der Waals surface area contributed by atoms with Gasteiger partial charge in [0.05, 0.1) is 0 Å². The molecule has 88 valence electrons. The number of benzene rings is 2. The van der Waals surface area contributed by atoms with Gasteiger partial charge in [0.25, 0.3) is 0 Å². The number of allylic oxidation sites excluding steroid dienone is 4. The fraction of sp³-hybridized carbons (Fsp3) is 0. The van der Waals surface area contributed by atoms with Crippen LogP contribution in [0, 0.1) is 0 Å². The van der Waals surface area contributed by atoms with Gasteiger partial charge in [-0.1, -0.05) is 86.0 Å². The van der Waals surface area contributed by atoms with Gasteiger partial charge in [-0.3, -0.25) is 0 Å². The molecule has 0 nitrogen and oxygen atoms in total. The molecule has 2 rings (SSSR count). The lowest BCUT2D eigenvalue weighted by atomic mass is 10.0. The van der Waals surface area contributed by atoms with Crippen molar-refractivity contribution in [1.82, 2.24) is 0 Å². The standard InChI is InChI=1S/C18H16/c1-3-8-15(4-2)17-11-13-18(14-12-17)16-9-6-5-7-10-16/h3-14H,1-2H2/b15-8+. The second-order valence-electron chi connectivity index (χ2n) is 4.01. The van der Waals surface area contributed by atoms with Crippen molar-refractivity contribution in [2.45, 2.75) is 0 Å². The zero-order valence-corrected chi connectivity index (χ0v) is 10.3. The minimum atomic E-state index is 1.09. The van der Waals surface area contributed by atoms with Gasteiger partial charge in [0, 0.05) is 0 Å². The van der Waals surface area contributed by atoms with Crippen molar-refractivity contribution in [3.63, 3.8) is 0 Å². The van der Waals surface area contributed by atoms with Crippen molar-refractivity contribution in [2.24, 2.45) is 0 Å². The van der Waals surface area contributed by atoms with Gasteiger partial charge in [0.15, 0.2) is 0 Å². The second kappa shape index (κ2) is 5.83. The fourth-order valence-electron chi connectivity index (χ4n) is 1.89. The molecule has 0 spiro atoms. The SMILES string of the molecule is C=C/C=C(\C=C)c1ccc(-c2ccccc2)cc1. The summed E-state index contributed by atoms with van der Waals surface area (Å²) in [4.78, 5) is 0. The monoisotopic (exact) mass is 232 g/mol. The summed E-state index contributed by atoms with van der Waals surface area (Å²) in [6.45, 7) is 7.54. The highest BCUT2D eigenvalue weighted by Crippen LogP contribution is 2.22. The van der Waals surface area contributed by atoms with Gasteiger partial charge < -0.3 is 0 Å². The molecule has 18 heavy (non-hydrogen) atoms. The summed E-state index contributed by atoms with van der Waals surface area (Å²) in [6.07, 6.45) is 5.59. The largest absolute Gasteiger partial charge is 0.0990 e. The molecule has 0 fully saturated rings. The first-order chi connectivity index (χ1) is 8.85. The molecule has 0 unspecified atom stereocenters. The molecule has 0 amide bonds. The van der Waals surface area contributed by atoms with Crippen molar-refractivity contribution in [2.75, 3.05) is 0 Å². The van der Waals surface area contributed by atoms with Gasteiger partial charge in [-0.25, -0.2) is 0 Å². The molecular formula is C18H16. The molecule has 0 aliphatic rings. The van der Waals surface area contributed by atoms with Gasteiger partial charge in [-0.15, -0.1) is 0 Å². The summed E-state index contributed by atoms with van der Waals surface area (Å²) >= 11 is 0. The Labute approximate surface area is 109 Å². The van der Waals surface area contributed by atoms with Crippen LogP contribution < -0.4 is 0 Å². The van der Waals surface area contributed by atoms with E-state index in [1.165, 1.54) is 11.1 Å². The molecule has 2 aromatic carbocycles. The second-order valence-corrected chi connectivity index (χ2v) is 4.01. The molecule has 0 heteroatoms. The highest BCUT2D eigenvalue weighted by Gasteiger charge is 1.99. The van der Waals surface area contributed by atoms with E-state index in [2.05, 4.69) is 61.7 Å². The van der Waals surface area contributed by atoms with Crippen molar-refractivity contribution in [3.8, 4) is 11.1 Å². The molecule has 0 atom stereocenters. The molecule has 0 saturated carbocycles. The van der Waals surface area contributed by atoms with E-state index in [1.807, 2.05) is 18.2 Å². The van der Waals surface area contributed by atoms with E-state index in [0.717, 1.165) is 11.1 Å². The zero-order valence-electron chi connectivity index (χ0n) is 10.3. The van der Waals surface area contributed by atoms with Gasteiger partial charge in [-0.2, -0.15) is 0 Å². The molecule has 0 bridgehead atoms. The lowest BCUT2D eigenvalue weighted by Gasteiger charge is -2.05. The van der Waals surface area contributed by atoms with Crippen LogP contribution >= 0.6 is 0 Å². The van der Waals surface area contributed by atoms with Crippen LogP contribution in [0.2, 0.25) is 0 Å². The van der Waals surface area contributed by atoms with Gasteiger partial charge >= 0.3 is 0 Å². The van der Waals surface area contributed by atoms with E-state index in [9.17, 15) is 0 Å². The Kier molecular flexibility index (Phi) is 3.93. The van der Waals surface area contributed by atoms with Crippen molar-refractivity contribution in [1.29, 1.82) is 0 Å². The summed E-state index contributed by atoms with van der Waals surface area (Å²) in [5, 5.41) is 0.